The van der Waals surface area contributed by atoms with E-state index in [9.17, 15) is 14.9 Å². The van der Waals surface area contributed by atoms with Gasteiger partial charge in [-0.15, -0.1) is 0 Å². The Balaban J connectivity index is 2.17. The molecule has 0 aromatic heterocycles. The Bertz CT molecular complexity index is 854. The molecule has 0 fully saturated rings. The molecule has 2 aromatic rings. The number of nitro groups is 1. The maximum atomic E-state index is 12.1. The van der Waals surface area contributed by atoms with Crippen molar-refractivity contribution < 1.29 is 19.2 Å². The van der Waals surface area contributed by atoms with Crippen LogP contribution in [-0.4, -0.2) is 30.8 Å². The van der Waals surface area contributed by atoms with Gasteiger partial charge in [0.25, 0.3) is 11.6 Å². The van der Waals surface area contributed by atoms with Crippen LogP contribution < -0.4 is 14.9 Å². The summed E-state index contributed by atoms with van der Waals surface area (Å²) in [6, 6.07) is 9.20. The lowest BCUT2D eigenvalue weighted by Crippen LogP contribution is -2.19. The Morgan fingerprint density at radius 1 is 1.38 bits per heavy atom. The van der Waals surface area contributed by atoms with Crippen molar-refractivity contribution in [2.24, 2.45) is 5.10 Å². The number of hydrogen-bond donors (Lipinski definition) is 1. The van der Waals surface area contributed by atoms with E-state index in [0.717, 1.165) is 3.57 Å². The van der Waals surface area contributed by atoms with E-state index in [1.165, 1.54) is 31.5 Å². The highest BCUT2D eigenvalue weighted by Gasteiger charge is 2.18. The second-order valence-corrected chi connectivity index (χ2v) is 6.10. The van der Waals surface area contributed by atoms with E-state index in [2.05, 4.69) is 33.1 Å². The van der Waals surface area contributed by atoms with Gasteiger partial charge in [0.2, 0.25) is 0 Å². The molecule has 0 aliphatic carbocycles. The number of methoxy groups -OCH3 is 1. The molecule has 9 heteroatoms. The molecule has 0 heterocycles. The van der Waals surface area contributed by atoms with Crippen LogP contribution >= 0.6 is 22.6 Å². The predicted molar refractivity (Wildman–Crippen MR) is 105 cm³/mol. The van der Waals surface area contributed by atoms with Crippen molar-refractivity contribution in [1.82, 2.24) is 5.43 Å². The largest absolute Gasteiger partial charge is 0.493 e. The minimum absolute atomic E-state index is 0.0616. The fourth-order valence-corrected chi connectivity index (χ4v) is 2.93. The average Bonchev–Trinajstić information content (AvgIpc) is 2.63. The van der Waals surface area contributed by atoms with Crippen molar-refractivity contribution in [2.45, 2.75) is 6.92 Å². The number of carbonyl (C=O) groups excluding carboxylic acids is 1. The molecular formula is C17H16IN3O5. The standard InChI is InChI=1S/C17H16IN3O5/c1-3-26-16-13(18)8-11(9-15(16)25-2)10-19-20-17(22)12-6-4-5-7-14(12)21(23)24/h4-10H,3H2,1-2H3,(H,20,22)/b19-10-. The summed E-state index contributed by atoms with van der Waals surface area (Å²) in [5.74, 6) is 0.517. The number of nitrogens with zero attached hydrogens (tertiary/aromatic N) is 2. The number of benzene rings is 2. The highest BCUT2D eigenvalue weighted by molar-refractivity contribution is 14.1. The van der Waals surface area contributed by atoms with Gasteiger partial charge in [-0.2, -0.15) is 5.10 Å². The maximum absolute atomic E-state index is 12.1. The Hall–Kier alpha value is -2.69. The molecule has 0 saturated carbocycles. The third-order valence-corrected chi connectivity index (χ3v) is 4.07. The lowest BCUT2D eigenvalue weighted by molar-refractivity contribution is -0.385. The lowest BCUT2D eigenvalue weighted by Gasteiger charge is -2.12. The topological polar surface area (TPSA) is 103 Å². The van der Waals surface area contributed by atoms with Gasteiger partial charge in [-0.05, 0) is 53.3 Å². The van der Waals surface area contributed by atoms with Crippen LogP contribution in [0.2, 0.25) is 0 Å². The quantitative estimate of drug-likeness (QED) is 0.290. The molecule has 0 aliphatic heterocycles. The average molecular weight is 469 g/mol. The van der Waals surface area contributed by atoms with Gasteiger partial charge < -0.3 is 9.47 Å². The number of rotatable bonds is 7. The fraction of sp³-hybridized carbons (Fsp3) is 0.176. The molecule has 1 amide bonds. The van der Waals surface area contributed by atoms with E-state index < -0.39 is 10.8 Å². The molecule has 0 radical (unpaired) electrons. The van der Waals surface area contributed by atoms with Gasteiger partial charge in [-0.3, -0.25) is 14.9 Å². The van der Waals surface area contributed by atoms with Crippen LogP contribution in [0.4, 0.5) is 5.69 Å². The van der Waals surface area contributed by atoms with Crippen molar-refractivity contribution in [3.8, 4) is 11.5 Å². The number of halogens is 1. The molecule has 0 saturated heterocycles. The summed E-state index contributed by atoms with van der Waals surface area (Å²) in [4.78, 5) is 22.5. The number of hydrogen-bond acceptors (Lipinski definition) is 6. The molecule has 8 nitrogen and oxygen atoms in total. The predicted octanol–water partition coefficient (Wildman–Crippen LogP) is 3.37. The Labute approximate surface area is 163 Å². The van der Waals surface area contributed by atoms with Gasteiger partial charge in [0, 0.05) is 6.07 Å². The van der Waals surface area contributed by atoms with Crippen molar-refractivity contribution in [3.63, 3.8) is 0 Å². The van der Waals surface area contributed by atoms with E-state index in [0.29, 0.717) is 23.7 Å². The van der Waals surface area contributed by atoms with Gasteiger partial charge in [0.05, 0.1) is 28.4 Å². The van der Waals surface area contributed by atoms with Crippen LogP contribution in [0.5, 0.6) is 11.5 Å². The summed E-state index contributed by atoms with van der Waals surface area (Å²) in [6.07, 6.45) is 1.42. The first kappa shape index (κ1) is 19.6. The monoisotopic (exact) mass is 469 g/mol. The zero-order valence-electron chi connectivity index (χ0n) is 14.1. The van der Waals surface area contributed by atoms with Crippen LogP contribution in [-0.2, 0) is 0 Å². The Morgan fingerprint density at radius 2 is 2.12 bits per heavy atom. The molecule has 26 heavy (non-hydrogen) atoms. The Morgan fingerprint density at radius 3 is 2.77 bits per heavy atom. The van der Waals surface area contributed by atoms with Crippen molar-refractivity contribution in [2.75, 3.05) is 13.7 Å². The highest BCUT2D eigenvalue weighted by atomic mass is 127. The number of amides is 1. The summed E-state index contributed by atoms with van der Waals surface area (Å²) in [7, 11) is 1.53. The number of carbonyl (C=O) groups is 1. The molecule has 0 bridgehead atoms. The van der Waals surface area contributed by atoms with Crippen LogP contribution in [0.1, 0.15) is 22.8 Å². The van der Waals surface area contributed by atoms with Gasteiger partial charge >= 0.3 is 0 Å². The third-order valence-electron chi connectivity index (χ3n) is 3.27. The first-order valence-corrected chi connectivity index (χ1v) is 8.63. The van der Waals surface area contributed by atoms with Gasteiger partial charge in [0.15, 0.2) is 11.5 Å². The van der Waals surface area contributed by atoms with Crippen LogP contribution in [0, 0.1) is 13.7 Å². The number of ether oxygens (including phenoxy) is 2. The van der Waals surface area contributed by atoms with Gasteiger partial charge in [-0.1, -0.05) is 12.1 Å². The summed E-state index contributed by atoms with van der Waals surface area (Å²) in [6.45, 7) is 2.38. The highest BCUT2D eigenvalue weighted by Crippen LogP contribution is 2.33. The second-order valence-electron chi connectivity index (χ2n) is 4.94. The molecule has 0 aliphatic rings. The smallest absolute Gasteiger partial charge is 0.282 e. The minimum Gasteiger partial charge on any atom is -0.493 e. The van der Waals surface area contributed by atoms with Crippen LogP contribution in [0.3, 0.4) is 0 Å². The second kappa shape index (κ2) is 9.13. The summed E-state index contributed by atoms with van der Waals surface area (Å²) < 4.78 is 11.7. The van der Waals surface area contributed by atoms with Crippen molar-refractivity contribution in [3.05, 3.63) is 61.2 Å². The van der Waals surface area contributed by atoms with E-state index in [-0.39, 0.29) is 11.3 Å². The molecule has 1 N–H and O–H groups in total. The zero-order valence-corrected chi connectivity index (χ0v) is 16.2. The van der Waals surface area contributed by atoms with E-state index >= 15 is 0 Å². The van der Waals surface area contributed by atoms with Crippen molar-refractivity contribution >= 4 is 40.4 Å². The molecule has 0 atom stereocenters. The molecule has 2 rings (SSSR count). The SMILES string of the molecule is CCOc1c(I)cc(/C=N\NC(=O)c2ccccc2[N+](=O)[O-])cc1OC. The molecule has 2 aromatic carbocycles. The summed E-state index contributed by atoms with van der Waals surface area (Å²) in [5, 5.41) is 14.8. The van der Waals surface area contributed by atoms with Gasteiger partial charge in [0.1, 0.15) is 5.56 Å². The van der Waals surface area contributed by atoms with E-state index in [1.54, 1.807) is 12.1 Å². The summed E-state index contributed by atoms with van der Waals surface area (Å²) in [5.41, 5.74) is 2.63. The van der Waals surface area contributed by atoms with E-state index in [4.69, 9.17) is 9.47 Å². The minimum atomic E-state index is -0.666. The van der Waals surface area contributed by atoms with Crippen molar-refractivity contribution in [1.29, 1.82) is 0 Å². The number of hydrazone groups is 1. The molecule has 136 valence electrons. The normalized spacial score (nSPS) is 10.6. The number of nitrogens with one attached hydrogen (secondary N) is 1. The van der Waals surface area contributed by atoms with Crippen LogP contribution in [0.25, 0.3) is 0 Å². The third kappa shape index (κ3) is 4.69. The molecular weight excluding hydrogens is 453 g/mol. The van der Waals surface area contributed by atoms with Gasteiger partial charge in [-0.25, -0.2) is 5.43 Å². The summed E-state index contributed by atoms with van der Waals surface area (Å²) >= 11 is 2.12. The molecule has 0 unspecified atom stereocenters. The number of para-hydroxylation sites is 1. The zero-order chi connectivity index (χ0) is 19.1. The first-order chi connectivity index (χ1) is 12.5. The first-order valence-electron chi connectivity index (χ1n) is 7.55. The molecule has 0 spiro atoms. The van der Waals surface area contributed by atoms with E-state index in [1.807, 2.05) is 13.0 Å². The number of nitro benzene ring substituents is 1. The lowest BCUT2D eigenvalue weighted by atomic mass is 10.2. The van der Waals surface area contributed by atoms with Crippen LogP contribution in [0.15, 0.2) is 41.5 Å². The maximum Gasteiger partial charge on any atom is 0.282 e. The fourth-order valence-electron chi connectivity index (χ4n) is 2.15. The Kier molecular flexibility index (Phi) is 6.89.